The first-order chi connectivity index (χ1) is 11.1. The maximum atomic E-state index is 12.6. The Hall–Kier alpha value is -2.63. The molecule has 6 nitrogen and oxygen atoms in total. The van der Waals surface area contributed by atoms with Gasteiger partial charge in [0.1, 0.15) is 5.69 Å². The quantitative estimate of drug-likeness (QED) is 0.942. The number of hydrogen-bond donors (Lipinski definition) is 1. The number of likely N-dealkylation sites (tertiary alicyclic amines) is 1. The lowest BCUT2D eigenvalue weighted by molar-refractivity contribution is 0.0689. The first-order valence-corrected chi connectivity index (χ1v) is 7.67. The number of carboxylic acid groups (broad SMARTS) is 1. The molecule has 120 valence electrons. The molecule has 3 rings (SSSR count). The molecule has 2 aromatic rings. The highest BCUT2D eigenvalue weighted by atomic mass is 16.4. The van der Waals surface area contributed by atoms with E-state index in [0.29, 0.717) is 12.2 Å². The molecule has 6 heteroatoms. The van der Waals surface area contributed by atoms with Crippen molar-refractivity contribution in [1.82, 2.24) is 14.7 Å². The SMILES string of the molecule is Cn1nccc1C(=O)N1CCC[C@H](c2ccc(C(=O)O)cc2)C1. The molecule has 23 heavy (non-hydrogen) atoms. The molecule has 0 radical (unpaired) electrons. The summed E-state index contributed by atoms with van der Waals surface area (Å²) < 4.78 is 1.59. The van der Waals surface area contributed by atoms with Crippen LogP contribution in [0.2, 0.25) is 0 Å². The van der Waals surface area contributed by atoms with E-state index in [1.807, 2.05) is 17.0 Å². The van der Waals surface area contributed by atoms with Crippen molar-refractivity contribution in [2.75, 3.05) is 13.1 Å². The van der Waals surface area contributed by atoms with Crippen molar-refractivity contribution in [1.29, 1.82) is 0 Å². The van der Waals surface area contributed by atoms with Crippen molar-refractivity contribution in [2.24, 2.45) is 7.05 Å². The van der Waals surface area contributed by atoms with Gasteiger partial charge < -0.3 is 10.0 Å². The number of carboxylic acids is 1. The first kappa shape index (κ1) is 15.3. The molecule has 1 atom stereocenters. The fourth-order valence-electron chi connectivity index (χ4n) is 3.08. The zero-order valence-electron chi connectivity index (χ0n) is 13.0. The van der Waals surface area contributed by atoms with Crippen molar-refractivity contribution in [3.8, 4) is 0 Å². The number of aromatic nitrogens is 2. The Labute approximate surface area is 134 Å². The van der Waals surface area contributed by atoms with Crippen molar-refractivity contribution < 1.29 is 14.7 Å². The highest BCUT2D eigenvalue weighted by Crippen LogP contribution is 2.28. The molecule has 0 unspecified atom stereocenters. The summed E-state index contributed by atoms with van der Waals surface area (Å²) in [6.07, 6.45) is 3.57. The molecule has 1 saturated heterocycles. The summed E-state index contributed by atoms with van der Waals surface area (Å²) in [5.41, 5.74) is 1.96. The summed E-state index contributed by atoms with van der Waals surface area (Å²) in [5, 5.41) is 13.0. The fourth-order valence-corrected chi connectivity index (χ4v) is 3.08. The molecule has 1 amide bonds. The zero-order valence-corrected chi connectivity index (χ0v) is 13.0. The summed E-state index contributed by atoms with van der Waals surface area (Å²) in [4.78, 5) is 25.4. The standard InChI is InChI=1S/C17H19N3O3/c1-19-15(8-9-18-19)16(21)20-10-2-3-14(11-20)12-4-6-13(7-5-12)17(22)23/h4-9,14H,2-3,10-11H2,1H3,(H,22,23)/t14-/m0/s1. The second-order valence-corrected chi connectivity index (χ2v) is 5.86. The maximum Gasteiger partial charge on any atom is 0.335 e. The van der Waals surface area contributed by atoms with Crippen LogP contribution in [-0.4, -0.2) is 44.8 Å². The smallest absolute Gasteiger partial charge is 0.335 e. The molecule has 0 spiro atoms. The van der Waals surface area contributed by atoms with E-state index < -0.39 is 5.97 Å². The van der Waals surface area contributed by atoms with Crippen LogP contribution in [0.25, 0.3) is 0 Å². The Kier molecular flexibility index (Phi) is 4.14. The summed E-state index contributed by atoms with van der Waals surface area (Å²) in [6.45, 7) is 1.39. The van der Waals surface area contributed by atoms with Gasteiger partial charge in [0, 0.05) is 32.3 Å². The molecule has 1 aromatic carbocycles. The molecular formula is C17H19N3O3. The predicted octanol–water partition coefficient (Wildman–Crippen LogP) is 2.14. The minimum absolute atomic E-state index is 0.00291. The van der Waals surface area contributed by atoms with Gasteiger partial charge in [-0.15, -0.1) is 0 Å². The van der Waals surface area contributed by atoms with Crippen LogP contribution in [0.15, 0.2) is 36.5 Å². The number of rotatable bonds is 3. The Balaban J connectivity index is 1.74. The van der Waals surface area contributed by atoms with Crippen molar-refractivity contribution >= 4 is 11.9 Å². The van der Waals surface area contributed by atoms with E-state index in [0.717, 1.165) is 24.9 Å². The molecule has 1 aromatic heterocycles. The van der Waals surface area contributed by atoms with Gasteiger partial charge in [-0.1, -0.05) is 12.1 Å². The number of aromatic carboxylic acids is 1. The van der Waals surface area contributed by atoms with E-state index in [4.69, 9.17) is 5.11 Å². The van der Waals surface area contributed by atoms with Crippen LogP contribution in [0.1, 0.15) is 45.2 Å². The normalized spacial score (nSPS) is 18.0. The minimum atomic E-state index is -0.923. The van der Waals surface area contributed by atoms with Gasteiger partial charge in [0.25, 0.3) is 5.91 Å². The molecule has 1 aliphatic heterocycles. The van der Waals surface area contributed by atoms with E-state index in [-0.39, 0.29) is 17.4 Å². The van der Waals surface area contributed by atoms with E-state index in [2.05, 4.69) is 5.10 Å². The van der Waals surface area contributed by atoms with Crippen LogP contribution in [0.5, 0.6) is 0 Å². The highest BCUT2D eigenvalue weighted by molar-refractivity contribution is 5.92. The van der Waals surface area contributed by atoms with Crippen molar-refractivity contribution in [3.63, 3.8) is 0 Å². The van der Waals surface area contributed by atoms with Crippen LogP contribution in [-0.2, 0) is 7.05 Å². The van der Waals surface area contributed by atoms with Crippen molar-refractivity contribution in [2.45, 2.75) is 18.8 Å². The zero-order chi connectivity index (χ0) is 16.4. The fraction of sp³-hybridized carbons (Fsp3) is 0.353. The highest BCUT2D eigenvalue weighted by Gasteiger charge is 2.26. The Morgan fingerprint density at radius 1 is 1.22 bits per heavy atom. The molecule has 1 N–H and O–H groups in total. The van der Waals surface area contributed by atoms with Crippen LogP contribution in [0, 0.1) is 0 Å². The third-order valence-corrected chi connectivity index (χ3v) is 4.38. The molecular weight excluding hydrogens is 294 g/mol. The van der Waals surface area contributed by atoms with Gasteiger partial charge in [0.05, 0.1) is 5.56 Å². The van der Waals surface area contributed by atoms with Gasteiger partial charge in [-0.2, -0.15) is 5.10 Å². The monoisotopic (exact) mass is 313 g/mol. The number of amides is 1. The molecule has 0 saturated carbocycles. The number of aryl methyl sites for hydroxylation is 1. The third-order valence-electron chi connectivity index (χ3n) is 4.38. The Bertz CT molecular complexity index is 721. The van der Waals surface area contributed by atoms with Crippen molar-refractivity contribution in [3.05, 3.63) is 53.3 Å². The largest absolute Gasteiger partial charge is 0.478 e. The molecule has 1 aliphatic rings. The summed E-state index contributed by atoms with van der Waals surface area (Å²) in [7, 11) is 1.76. The second-order valence-electron chi connectivity index (χ2n) is 5.86. The van der Waals surface area contributed by atoms with Gasteiger partial charge >= 0.3 is 5.97 Å². The average Bonchev–Trinajstić information content (AvgIpc) is 3.00. The lowest BCUT2D eigenvalue weighted by Gasteiger charge is -2.33. The number of carbonyl (C=O) groups is 2. The lowest BCUT2D eigenvalue weighted by Crippen LogP contribution is -2.39. The van der Waals surface area contributed by atoms with Gasteiger partial charge in [-0.25, -0.2) is 4.79 Å². The van der Waals surface area contributed by atoms with Gasteiger partial charge in [-0.05, 0) is 36.6 Å². The van der Waals surface area contributed by atoms with E-state index in [9.17, 15) is 9.59 Å². The van der Waals surface area contributed by atoms with Crippen LogP contribution >= 0.6 is 0 Å². The summed E-state index contributed by atoms with van der Waals surface area (Å²) >= 11 is 0. The molecule has 1 fully saturated rings. The first-order valence-electron chi connectivity index (χ1n) is 7.67. The molecule has 2 heterocycles. The lowest BCUT2D eigenvalue weighted by atomic mass is 9.90. The number of piperidine rings is 1. The Morgan fingerprint density at radius 2 is 1.96 bits per heavy atom. The van der Waals surface area contributed by atoms with E-state index in [1.165, 1.54) is 0 Å². The van der Waals surface area contributed by atoms with Crippen LogP contribution < -0.4 is 0 Å². The number of nitrogens with zero attached hydrogens (tertiary/aromatic N) is 3. The maximum absolute atomic E-state index is 12.6. The van der Waals surface area contributed by atoms with Gasteiger partial charge in [-0.3, -0.25) is 9.48 Å². The topological polar surface area (TPSA) is 75.4 Å². The summed E-state index contributed by atoms with van der Waals surface area (Å²) in [6, 6.07) is 8.69. The van der Waals surface area contributed by atoms with Crippen LogP contribution in [0.3, 0.4) is 0 Å². The average molecular weight is 313 g/mol. The third kappa shape index (κ3) is 3.11. The van der Waals surface area contributed by atoms with Gasteiger partial charge in [0.2, 0.25) is 0 Å². The van der Waals surface area contributed by atoms with Crippen LogP contribution in [0.4, 0.5) is 0 Å². The minimum Gasteiger partial charge on any atom is -0.478 e. The number of carbonyl (C=O) groups excluding carboxylic acids is 1. The predicted molar refractivity (Wildman–Crippen MR) is 84.5 cm³/mol. The second kappa shape index (κ2) is 6.24. The Morgan fingerprint density at radius 3 is 2.57 bits per heavy atom. The molecule has 0 aliphatic carbocycles. The molecule has 0 bridgehead atoms. The van der Waals surface area contributed by atoms with Gasteiger partial charge in [0.15, 0.2) is 0 Å². The number of benzene rings is 1. The van der Waals surface area contributed by atoms with E-state index >= 15 is 0 Å². The van der Waals surface area contributed by atoms with E-state index in [1.54, 1.807) is 36.1 Å². The number of hydrogen-bond acceptors (Lipinski definition) is 3. The summed E-state index contributed by atoms with van der Waals surface area (Å²) in [5.74, 6) is -0.686.